The van der Waals surface area contributed by atoms with E-state index in [0.29, 0.717) is 27.9 Å². The maximum atomic E-state index is 12.6. The van der Waals surface area contributed by atoms with Gasteiger partial charge >= 0.3 is 5.97 Å². The summed E-state index contributed by atoms with van der Waals surface area (Å²) in [6, 6.07) is 6.45. The molecule has 1 heterocycles. The number of phenolic OH excluding ortho intramolecular Hbond substituents is 1. The van der Waals surface area contributed by atoms with Gasteiger partial charge in [0.2, 0.25) is 0 Å². The highest BCUT2D eigenvalue weighted by Gasteiger charge is 2.26. The molecule has 0 aliphatic rings. The lowest BCUT2D eigenvalue weighted by Crippen LogP contribution is -2.28. The van der Waals surface area contributed by atoms with Crippen molar-refractivity contribution < 1.29 is 15.0 Å². The summed E-state index contributed by atoms with van der Waals surface area (Å²) >= 11 is 0. The molecule has 0 saturated heterocycles. The average Bonchev–Trinajstić information content (AvgIpc) is 2.55. The summed E-state index contributed by atoms with van der Waals surface area (Å²) in [6.45, 7) is 8.95. The van der Waals surface area contributed by atoms with Gasteiger partial charge in [0.25, 0.3) is 5.56 Å². The topological polar surface area (TPSA) is 79.5 Å². The van der Waals surface area contributed by atoms with Crippen molar-refractivity contribution in [1.29, 1.82) is 0 Å². The van der Waals surface area contributed by atoms with Crippen molar-refractivity contribution in [3.8, 4) is 16.9 Å². The van der Waals surface area contributed by atoms with Gasteiger partial charge in [-0.05, 0) is 30.2 Å². The number of hydrogen-bond donors (Lipinski definition) is 2. The van der Waals surface area contributed by atoms with Crippen molar-refractivity contribution in [1.82, 2.24) is 4.57 Å². The smallest absolute Gasteiger partial charge is 0.312 e. The number of carboxylic acids is 1. The first kappa shape index (κ1) is 17.3. The SMILES string of the molecule is C=Cc1c(-c2cccc(O)c2)c(C(C)C(=O)O)n(C)c(=O)c1C=C. The van der Waals surface area contributed by atoms with Crippen molar-refractivity contribution in [3.63, 3.8) is 0 Å². The summed E-state index contributed by atoms with van der Waals surface area (Å²) in [4.78, 5) is 24.1. The first-order valence-corrected chi connectivity index (χ1v) is 7.37. The van der Waals surface area contributed by atoms with Crippen LogP contribution in [0.15, 0.2) is 42.2 Å². The van der Waals surface area contributed by atoms with Gasteiger partial charge in [-0.25, -0.2) is 0 Å². The monoisotopic (exact) mass is 325 g/mol. The van der Waals surface area contributed by atoms with Crippen LogP contribution < -0.4 is 5.56 Å². The fourth-order valence-electron chi connectivity index (χ4n) is 2.84. The first-order valence-electron chi connectivity index (χ1n) is 7.37. The summed E-state index contributed by atoms with van der Waals surface area (Å²) in [6.07, 6.45) is 2.94. The molecule has 0 bridgehead atoms. The van der Waals surface area contributed by atoms with Crippen molar-refractivity contribution in [2.45, 2.75) is 12.8 Å². The van der Waals surface area contributed by atoms with Crippen LogP contribution in [0.4, 0.5) is 0 Å². The molecule has 24 heavy (non-hydrogen) atoms. The van der Waals surface area contributed by atoms with Gasteiger partial charge in [0, 0.05) is 23.9 Å². The van der Waals surface area contributed by atoms with Crippen molar-refractivity contribution in [2.24, 2.45) is 7.05 Å². The normalized spacial score (nSPS) is 11.8. The Morgan fingerprint density at radius 3 is 2.38 bits per heavy atom. The van der Waals surface area contributed by atoms with Crippen LogP contribution in [0.3, 0.4) is 0 Å². The van der Waals surface area contributed by atoms with Crippen molar-refractivity contribution in [3.05, 3.63) is 64.6 Å². The van der Waals surface area contributed by atoms with E-state index >= 15 is 0 Å². The highest BCUT2D eigenvalue weighted by molar-refractivity contribution is 5.86. The van der Waals surface area contributed by atoms with E-state index in [1.54, 1.807) is 12.1 Å². The standard InChI is InChI=1S/C19H19NO4/c1-5-14-15(6-2)18(22)20(4)17(11(3)19(23)24)16(14)12-8-7-9-13(21)10-12/h5-11,21H,1-2H2,3-4H3,(H,23,24). The fourth-order valence-corrected chi connectivity index (χ4v) is 2.84. The number of aromatic nitrogens is 1. The summed E-state index contributed by atoms with van der Waals surface area (Å²) in [5.41, 5.74) is 2.00. The molecule has 0 amide bonds. The van der Waals surface area contributed by atoms with E-state index < -0.39 is 11.9 Å². The number of benzene rings is 1. The molecule has 5 nitrogen and oxygen atoms in total. The van der Waals surface area contributed by atoms with Crippen LogP contribution >= 0.6 is 0 Å². The van der Waals surface area contributed by atoms with E-state index in [0.717, 1.165) is 0 Å². The van der Waals surface area contributed by atoms with Crippen LogP contribution in [0.1, 0.15) is 29.7 Å². The van der Waals surface area contributed by atoms with E-state index in [2.05, 4.69) is 13.2 Å². The molecule has 2 rings (SSSR count). The zero-order valence-corrected chi connectivity index (χ0v) is 13.6. The molecule has 1 unspecified atom stereocenters. The lowest BCUT2D eigenvalue weighted by atomic mass is 9.89. The number of carbonyl (C=O) groups is 1. The molecule has 5 heteroatoms. The number of aromatic hydroxyl groups is 1. The predicted octanol–water partition coefficient (Wildman–Crippen LogP) is 3.23. The number of rotatable bonds is 5. The van der Waals surface area contributed by atoms with Gasteiger partial charge in [-0.2, -0.15) is 0 Å². The van der Waals surface area contributed by atoms with E-state index in [4.69, 9.17) is 0 Å². The second-order valence-electron chi connectivity index (χ2n) is 5.47. The van der Waals surface area contributed by atoms with Crippen LogP contribution in [0, 0.1) is 0 Å². The van der Waals surface area contributed by atoms with E-state index in [9.17, 15) is 19.8 Å². The van der Waals surface area contributed by atoms with Gasteiger partial charge in [-0.1, -0.05) is 37.4 Å². The molecule has 2 aromatic rings. The lowest BCUT2D eigenvalue weighted by Gasteiger charge is -2.22. The quantitative estimate of drug-likeness (QED) is 0.884. The van der Waals surface area contributed by atoms with Crippen LogP contribution in [0.2, 0.25) is 0 Å². The molecule has 0 aliphatic carbocycles. The van der Waals surface area contributed by atoms with E-state index in [1.807, 2.05) is 0 Å². The Balaban J connectivity index is 3.05. The minimum absolute atomic E-state index is 0.0467. The largest absolute Gasteiger partial charge is 0.508 e. The molecule has 0 fully saturated rings. The first-order chi connectivity index (χ1) is 11.3. The van der Waals surface area contributed by atoms with Crippen molar-refractivity contribution in [2.75, 3.05) is 0 Å². The van der Waals surface area contributed by atoms with E-state index in [-0.39, 0.29) is 11.3 Å². The van der Waals surface area contributed by atoms with Gasteiger partial charge in [0.1, 0.15) is 5.75 Å². The molecule has 0 spiro atoms. The Hall–Kier alpha value is -3.08. The maximum absolute atomic E-state index is 12.6. The maximum Gasteiger partial charge on any atom is 0.312 e. The third-order valence-corrected chi connectivity index (χ3v) is 4.04. The van der Waals surface area contributed by atoms with Crippen LogP contribution in [0.25, 0.3) is 23.3 Å². The lowest BCUT2D eigenvalue weighted by molar-refractivity contribution is -0.138. The zero-order chi connectivity index (χ0) is 18.0. The number of aliphatic carboxylic acids is 1. The van der Waals surface area contributed by atoms with E-state index in [1.165, 1.54) is 42.8 Å². The molecule has 1 atom stereocenters. The minimum Gasteiger partial charge on any atom is -0.508 e. The third-order valence-electron chi connectivity index (χ3n) is 4.04. The Kier molecular flexibility index (Phi) is 4.74. The van der Waals surface area contributed by atoms with Crippen molar-refractivity contribution >= 4 is 18.1 Å². The average molecular weight is 325 g/mol. The highest BCUT2D eigenvalue weighted by atomic mass is 16.4. The summed E-state index contributed by atoms with van der Waals surface area (Å²) in [5.74, 6) is -1.92. The van der Waals surface area contributed by atoms with Gasteiger partial charge in [-0.15, -0.1) is 0 Å². The molecular formula is C19H19NO4. The fraction of sp³-hybridized carbons (Fsp3) is 0.158. The number of pyridine rings is 1. The second-order valence-corrected chi connectivity index (χ2v) is 5.47. The Bertz CT molecular complexity index is 893. The zero-order valence-electron chi connectivity index (χ0n) is 13.6. The summed E-state index contributed by atoms with van der Waals surface area (Å²) in [5, 5.41) is 19.3. The number of nitrogens with zero attached hydrogens (tertiary/aromatic N) is 1. The molecule has 0 radical (unpaired) electrons. The molecule has 0 saturated carbocycles. The number of hydrogen-bond acceptors (Lipinski definition) is 3. The number of carboxylic acid groups (broad SMARTS) is 1. The summed E-state index contributed by atoms with van der Waals surface area (Å²) < 4.78 is 1.32. The van der Waals surface area contributed by atoms with Gasteiger partial charge in [0.05, 0.1) is 5.92 Å². The molecule has 1 aromatic carbocycles. The molecule has 2 N–H and O–H groups in total. The Morgan fingerprint density at radius 2 is 1.88 bits per heavy atom. The van der Waals surface area contributed by atoms with Crippen LogP contribution in [-0.2, 0) is 11.8 Å². The summed E-state index contributed by atoms with van der Waals surface area (Å²) in [7, 11) is 1.53. The highest BCUT2D eigenvalue weighted by Crippen LogP contribution is 2.35. The number of phenols is 1. The van der Waals surface area contributed by atoms with Gasteiger partial charge in [0.15, 0.2) is 0 Å². The minimum atomic E-state index is -1.05. The van der Waals surface area contributed by atoms with Crippen LogP contribution in [-0.4, -0.2) is 20.7 Å². The molecule has 124 valence electrons. The Morgan fingerprint density at radius 1 is 1.25 bits per heavy atom. The molecular weight excluding hydrogens is 306 g/mol. The van der Waals surface area contributed by atoms with Gasteiger partial charge in [-0.3, -0.25) is 9.59 Å². The predicted molar refractivity (Wildman–Crippen MR) is 95.0 cm³/mol. The Labute approximate surface area is 139 Å². The third kappa shape index (κ3) is 2.76. The second kappa shape index (κ2) is 6.58. The van der Waals surface area contributed by atoms with Gasteiger partial charge < -0.3 is 14.8 Å². The van der Waals surface area contributed by atoms with Crippen LogP contribution in [0.5, 0.6) is 5.75 Å². The molecule has 0 aliphatic heterocycles. The molecule has 1 aromatic heterocycles.